The third-order valence-electron chi connectivity index (χ3n) is 5.60. The van der Waals surface area contributed by atoms with E-state index in [9.17, 15) is 9.50 Å². The minimum absolute atomic E-state index is 0.0554. The van der Waals surface area contributed by atoms with Gasteiger partial charge in [-0.15, -0.1) is 0 Å². The Bertz CT molecular complexity index is 1380. The second-order valence-electron chi connectivity index (χ2n) is 8.01. The van der Waals surface area contributed by atoms with Gasteiger partial charge in [0.1, 0.15) is 12.1 Å². The molecule has 0 saturated heterocycles. The number of nitrogens with one attached hydrogen (secondary N) is 1. The van der Waals surface area contributed by atoms with E-state index in [-0.39, 0.29) is 17.1 Å². The number of aromatic nitrogens is 4. The first-order valence-electron chi connectivity index (χ1n) is 10.8. The number of allylic oxidation sites excluding steroid dienone is 2. The third-order valence-corrected chi connectivity index (χ3v) is 5.95. The molecule has 3 heterocycles. The minimum Gasteiger partial charge on any atom is -0.505 e. The van der Waals surface area contributed by atoms with Gasteiger partial charge in [0.25, 0.3) is 0 Å². The Hall–Kier alpha value is -3.91. The Morgan fingerprint density at radius 1 is 1.03 bits per heavy atom. The van der Waals surface area contributed by atoms with Crippen molar-refractivity contribution in [1.29, 1.82) is 0 Å². The van der Waals surface area contributed by atoms with Gasteiger partial charge in [0.05, 0.1) is 11.9 Å². The molecule has 2 aromatic carbocycles. The predicted molar refractivity (Wildman–Crippen MR) is 130 cm³/mol. The van der Waals surface area contributed by atoms with Crippen molar-refractivity contribution in [3.8, 4) is 5.75 Å². The molecular weight excluding hydrogens is 455 g/mol. The van der Waals surface area contributed by atoms with Crippen LogP contribution >= 0.6 is 11.6 Å². The molecule has 2 N–H and O–H groups in total. The first kappa shape index (κ1) is 21.9. The lowest BCUT2D eigenvalue weighted by Crippen LogP contribution is -2.18. The molecule has 1 aliphatic heterocycles. The summed E-state index contributed by atoms with van der Waals surface area (Å²) < 4.78 is 16.1. The van der Waals surface area contributed by atoms with Crippen LogP contribution in [0.1, 0.15) is 16.7 Å². The average molecular weight is 477 g/mol. The molecule has 0 radical (unpaired) electrons. The van der Waals surface area contributed by atoms with Gasteiger partial charge in [-0.2, -0.15) is 5.10 Å². The molecule has 0 spiro atoms. The molecular formula is C25H22ClFN6O. The molecule has 0 saturated carbocycles. The summed E-state index contributed by atoms with van der Waals surface area (Å²) in [7, 11) is 0. The highest BCUT2D eigenvalue weighted by Crippen LogP contribution is 2.28. The zero-order chi connectivity index (χ0) is 23.5. The van der Waals surface area contributed by atoms with E-state index in [0.717, 1.165) is 18.7 Å². The molecule has 172 valence electrons. The summed E-state index contributed by atoms with van der Waals surface area (Å²) in [5, 5.41) is 18.2. The summed E-state index contributed by atoms with van der Waals surface area (Å²) in [6.45, 7) is 2.41. The van der Waals surface area contributed by atoms with Crippen LogP contribution in [0.5, 0.6) is 5.75 Å². The van der Waals surface area contributed by atoms with E-state index in [1.165, 1.54) is 24.0 Å². The number of aromatic hydroxyl groups is 1. The molecule has 0 unspecified atom stereocenters. The average Bonchev–Trinajstić information content (AvgIpc) is 3.27. The van der Waals surface area contributed by atoms with E-state index in [0.29, 0.717) is 23.4 Å². The highest BCUT2D eigenvalue weighted by molar-refractivity contribution is 6.31. The Morgan fingerprint density at radius 3 is 2.59 bits per heavy atom. The first-order chi connectivity index (χ1) is 16.6. The summed E-state index contributed by atoms with van der Waals surface area (Å²) in [5.41, 5.74) is 3.05. The lowest BCUT2D eigenvalue weighted by Gasteiger charge is -2.20. The van der Waals surface area contributed by atoms with Crippen LogP contribution in [0.25, 0.3) is 11.0 Å². The Kier molecular flexibility index (Phi) is 6.14. The molecule has 0 atom stereocenters. The highest BCUT2D eigenvalue weighted by atomic mass is 35.5. The van der Waals surface area contributed by atoms with Crippen LogP contribution in [-0.4, -0.2) is 36.3 Å². The Morgan fingerprint density at radius 2 is 1.82 bits per heavy atom. The fraction of sp³-hybridized carbons (Fsp3) is 0.160. The maximum absolute atomic E-state index is 14.3. The second kappa shape index (κ2) is 9.52. The predicted octanol–water partition coefficient (Wildman–Crippen LogP) is 4.87. The van der Waals surface area contributed by atoms with E-state index < -0.39 is 11.6 Å². The monoisotopic (exact) mass is 476 g/mol. The fourth-order valence-corrected chi connectivity index (χ4v) is 4.03. The zero-order valence-electron chi connectivity index (χ0n) is 18.2. The van der Waals surface area contributed by atoms with Crippen molar-refractivity contribution < 1.29 is 9.50 Å². The third kappa shape index (κ3) is 4.72. The van der Waals surface area contributed by atoms with Crippen LogP contribution in [0.3, 0.4) is 0 Å². The first-order valence-corrected chi connectivity index (χ1v) is 11.2. The van der Waals surface area contributed by atoms with Crippen LogP contribution in [0.4, 0.5) is 10.2 Å². The van der Waals surface area contributed by atoms with Gasteiger partial charge in [-0.25, -0.2) is 14.4 Å². The van der Waals surface area contributed by atoms with Gasteiger partial charge in [0.2, 0.25) is 0 Å². The molecule has 9 heteroatoms. The van der Waals surface area contributed by atoms with Crippen LogP contribution in [-0.2, 0) is 19.6 Å². The van der Waals surface area contributed by atoms with E-state index in [4.69, 9.17) is 11.6 Å². The number of hydrogen-bond donors (Lipinski definition) is 2. The summed E-state index contributed by atoms with van der Waals surface area (Å²) >= 11 is 6.10. The van der Waals surface area contributed by atoms with Crippen LogP contribution < -0.4 is 5.32 Å². The Balaban J connectivity index is 1.29. The second-order valence-corrected chi connectivity index (χ2v) is 8.42. The molecule has 7 nitrogen and oxygen atoms in total. The van der Waals surface area contributed by atoms with Gasteiger partial charge >= 0.3 is 0 Å². The summed E-state index contributed by atoms with van der Waals surface area (Å²) in [6, 6.07) is 11.1. The molecule has 4 aromatic rings. The molecule has 0 aliphatic carbocycles. The SMILES string of the molecule is Oc1ccc(Cl)c(CNc2ncnc3nn(Cc4ccc(CN5C=CC=CC5)cc4)cc23)c1F. The van der Waals surface area contributed by atoms with E-state index in [1.807, 2.05) is 12.3 Å². The number of rotatable bonds is 7. The molecule has 5 rings (SSSR count). The van der Waals surface area contributed by atoms with E-state index in [2.05, 4.69) is 67.9 Å². The number of nitrogens with zero attached hydrogens (tertiary/aromatic N) is 5. The molecule has 0 bridgehead atoms. The van der Waals surface area contributed by atoms with Gasteiger partial charge in [0.15, 0.2) is 17.2 Å². The topological polar surface area (TPSA) is 79.1 Å². The van der Waals surface area contributed by atoms with Crippen LogP contribution in [0, 0.1) is 5.82 Å². The molecule has 0 amide bonds. The van der Waals surface area contributed by atoms with Crippen molar-refractivity contribution in [2.75, 3.05) is 11.9 Å². The highest BCUT2D eigenvalue weighted by Gasteiger charge is 2.14. The van der Waals surface area contributed by atoms with E-state index in [1.54, 1.807) is 4.68 Å². The van der Waals surface area contributed by atoms with Crippen molar-refractivity contribution in [3.63, 3.8) is 0 Å². The molecule has 0 fully saturated rings. The zero-order valence-corrected chi connectivity index (χ0v) is 19.0. The van der Waals surface area contributed by atoms with Crippen molar-refractivity contribution in [2.45, 2.75) is 19.6 Å². The minimum atomic E-state index is -0.753. The molecule has 1 aliphatic rings. The quantitative estimate of drug-likeness (QED) is 0.396. The van der Waals surface area contributed by atoms with E-state index >= 15 is 0 Å². The van der Waals surface area contributed by atoms with Gasteiger partial charge in [-0.05, 0) is 35.5 Å². The Labute approximate surface area is 200 Å². The molecule has 2 aromatic heterocycles. The van der Waals surface area contributed by atoms with Gasteiger partial charge in [0, 0.05) is 36.4 Å². The summed E-state index contributed by atoms with van der Waals surface area (Å²) in [4.78, 5) is 10.8. The summed E-state index contributed by atoms with van der Waals surface area (Å²) in [6.07, 6.45) is 11.6. The number of benzene rings is 2. The van der Waals surface area contributed by atoms with Gasteiger partial charge < -0.3 is 15.3 Å². The maximum atomic E-state index is 14.3. The smallest absolute Gasteiger partial charge is 0.186 e. The number of anilines is 1. The van der Waals surface area contributed by atoms with Crippen molar-refractivity contribution >= 4 is 28.5 Å². The van der Waals surface area contributed by atoms with Crippen LogP contribution in [0.15, 0.2) is 73.4 Å². The number of fused-ring (bicyclic) bond motifs is 1. The largest absolute Gasteiger partial charge is 0.505 e. The number of phenolic OH excluding ortho intramolecular Hbond substituents is 1. The van der Waals surface area contributed by atoms with Crippen molar-refractivity contribution in [3.05, 3.63) is 101 Å². The van der Waals surface area contributed by atoms with Crippen molar-refractivity contribution in [2.24, 2.45) is 0 Å². The normalized spacial score (nSPS) is 13.1. The number of phenols is 1. The number of halogens is 2. The van der Waals surface area contributed by atoms with Crippen molar-refractivity contribution in [1.82, 2.24) is 24.6 Å². The lowest BCUT2D eigenvalue weighted by molar-refractivity contribution is 0.405. The standard InChI is InChI=1S/C25H22ClFN6O/c26-21-8-9-22(34)23(27)19(21)12-28-24-20-15-33(31-25(20)30-16-29-24)14-18-6-4-17(5-7-18)13-32-10-2-1-3-11-32/h1-10,15-16,34H,11-14H2,(H,28,29,30,31). The van der Waals surface area contributed by atoms with Gasteiger partial charge in [-0.3, -0.25) is 4.68 Å². The summed E-state index contributed by atoms with van der Waals surface area (Å²) in [5.74, 6) is -0.691. The molecule has 34 heavy (non-hydrogen) atoms. The van der Waals surface area contributed by atoms with Gasteiger partial charge in [-0.1, -0.05) is 48.0 Å². The fourth-order valence-electron chi connectivity index (χ4n) is 3.82. The number of hydrogen-bond acceptors (Lipinski definition) is 6. The maximum Gasteiger partial charge on any atom is 0.186 e. The van der Waals surface area contributed by atoms with Crippen LogP contribution in [0.2, 0.25) is 5.02 Å². The lowest BCUT2D eigenvalue weighted by atomic mass is 10.1.